The van der Waals surface area contributed by atoms with Crippen molar-refractivity contribution in [2.45, 2.75) is 11.0 Å². The molecule has 2 rings (SSSR count). The summed E-state index contributed by atoms with van der Waals surface area (Å²) in [6.45, 7) is 0. The van der Waals surface area contributed by atoms with Gasteiger partial charge >= 0.3 is 10.2 Å². The Morgan fingerprint density at radius 1 is 0.700 bits per heavy atom. The minimum atomic E-state index is -9.66. The molecule has 20 heavy (non-hydrogen) atoms. The number of aliphatic hydroxyl groups excluding tert-OH is 1. The zero-order chi connectivity index (χ0) is 15.1. The first-order chi connectivity index (χ1) is 8.97. The summed E-state index contributed by atoms with van der Waals surface area (Å²) < 4.78 is 62.7. The van der Waals surface area contributed by atoms with Crippen LogP contribution < -0.4 is 0 Å². The molecule has 0 amide bonds. The second-order valence-corrected chi connectivity index (χ2v) is 6.76. The van der Waals surface area contributed by atoms with Gasteiger partial charge < -0.3 is 5.11 Å². The van der Waals surface area contributed by atoms with E-state index >= 15 is 0 Å². The topological polar surface area (TPSA) is 20.2 Å². The van der Waals surface area contributed by atoms with Crippen molar-refractivity contribution >= 4 is 10.2 Å². The summed E-state index contributed by atoms with van der Waals surface area (Å²) in [7, 11) is -9.66. The van der Waals surface area contributed by atoms with Crippen molar-refractivity contribution in [1.29, 1.82) is 0 Å². The lowest BCUT2D eigenvalue weighted by molar-refractivity contribution is 0.220. The van der Waals surface area contributed by atoms with Crippen LogP contribution in [-0.4, -0.2) is 5.11 Å². The van der Waals surface area contributed by atoms with E-state index in [0.717, 1.165) is 12.1 Å². The lowest BCUT2D eigenvalue weighted by Crippen LogP contribution is -2.06. The third-order valence-electron chi connectivity index (χ3n) is 2.76. The third-order valence-corrected chi connectivity index (χ3v) is 3.92. The highest BCUT2D eigenvalue weighted by Gasteiger charge is 2.65. The standard InChI is InChI=1S/C13H11F5OS/c14-20(15,16,17,18)12-8-6-11(7-9-12)13(19)10-4-2-1-3-5-10/h1-9,13,19H/t13-/m0/s1. The molecular formula is C13H11F5OS. The first-order valence-electron chi connectivity index (χ1n) is 5.54. The summed E-state index contributed by atoms with van der Waals surface area (Å²) in [5, 5.41) is 9.95. The minimum absolute atomic E-state index is 0.113. The van der Waals surface area contributed by atoms with Crippen molar-refractivity contribution in [1.82, 2.24) is 0 Å². The highest BCUT2D eigenvalue weighted by atomic mass is 32.5. The van der Waals surface area contributed by atoms with Crippen molar-refractivity contribution in [2.24, 2.45) is 0 Å². The lowest BCUT2D eigenvalue weighted by atomic mass is 10.0. The van der Waals surface area contributed by atoms with E-state index in [4.69, 9.17) is 0 Å². The van der Waals surface area contributed by atoms with Crippen molar-refractivity contribution in [3.63, 3.8) is 0 Å². The lowest BCUT2D eigenvalue weighted by Gasteiger charge is -2.40. The molecule has 0 aromatic heterocycles. The second kappa shape index (κ2) is 3.95. The maximum atomic E-state index is 12.5. The van der Waals surface area contributed by atoms with Gasteiger partial charge in [0.15, 0.2) is 0 Å². The summed E-state index contributed by atoms with van der Waals surface area (Å²) >= 11 is 0. The molecule has 2 aromatic rings. The van der Waals surface area contributed by atoms with Crippen molar-refractivity contribution in [3.8, 4) is 0 Å². The molecule has 0 saturated carbocycles. The van der Waals surface area contributed by atoms with Gasteiger partial charge in [-0.25, -0.2) is 0 Å². The van der Waals surface area contributed by atoms with Gasteiger partial charge in [0.25, 0.3) is 0 Å². The van der Waals surface area contributed by atoms with E-state index < -0.39 is 21.2 Å². The van der Waals surface area contributed by atoms with Crippen LogP contribution in [0.2, 0.25) is 0 Å². The predicted octanol–water partition coefficient (Wildman–Crippen LogP) is 5.43. The Hall–Kier alpha value is -1.60. The monoisotopic (exact) mass is 310 g/mol. The van der Waals surface area contributed by atoms with Gasteiger partial charge in [-0.1, -0.05) is 61.9 Å². The molecule has 0 saturated heterocycles. The molecule has 0 aliphatic rings. The molecule has 0 spiro atoms. The van der Waals surface area contributed by atoms with Crippen LogP contribution in [0.1, 0.15) is 17.2 Å². The highest BCUT2D eigenvalue weighted by Crippen LogP contribution is 3.02. The molecule has 0 radical (unpaired) electrons. The van der Waals surface area contributed by atoms with E-state index in [9.17, 15) is 24.5 Å². The van der Waals surface area contributed by atoms with Gasteiger partial charge in [0.1, 0.15) is 11.0 Å². The Morgan fingerprint density at radius 2 is 1.15 bits per heavy atom. The summed E-state index contributed by atoms with van der Waals surface area (Å²) in [5.74, 6) is 0. The zero-order valence-electron chi connectivity index (χ0n) is 10.0. The van der Waals surface area contributed by atoms with E-state index in [1.54, 1.807) is 30.3 Å². The Kier molecular flexibility index (Phi) is 2.93. The number of rotatable bonds is 3. The summed E-state index contributed by atoms with van der Waals surface area (Å²) in [6, 6.07) is 10.5. The van der Waals surface area contributed by atoms with Crippen LogP contribution in [0.3, 0.4) is 0 Å². The van der Waals surface area contributed by atoms with Crippen molar-refractivity contribution in [3.05, 3.63) is 65.7 Å². The molecule has 0 unspecified atom stereocenters. The van der Waals surface area contributed by atoms with Crippen LogP contribution in [0, 0.1) is 0 Å². The minimum Gasteiger partial charge on any atom is -0.384 e. The maximum Gasteiger partial charge on any atom is 0.310 e. The van der Waals surface area contributed by atoms with E-state index in [1.165, 1.54) is 0 Å². The summed E-state index contributed by atoms with van der Waals surface area (Å²) in [6.07, 6.45) is -1.16. The Labute approximate surface area is 112 Å². The van der Waals surface area contributed by atoms with Crippen LogP contribution in [0.4, 0.5) is 19.4 Å². The quantitative estimate of drug-likeness (QED) is 0.750. The third kappa shape index (κ3) is 3.29. The Morgan fingerprint density at radius 3 is 1.60 bits per heavy atom. The van der Waals surface area contributed by atoms with E-state index in [2.05, 4.69) is 0 Å². The molecule has 2 aromatic carbocycles. The fourth-order valence-electron chi connectivity index (χ4n) is 1.74. The average molecular weight is 310 g/mol. The van der Waals surface area contributed by atoms with E-state index in [-0.39, 0.29) is 5.56 Å². The zero-order valence-corrected chi connectivity index (χ0v) is 10.8. The van der Waals surface area contributed by atoms with E-state index in [1.807, 2.05) is 0 Å². The molecule has 0 aliphatic heterocycles. The number of benzene rings is 2. The molecule has 110 valence electrons. The number of hydrogen-bond acceptors (Lipinski definition) is 1. The van der Waals surface area contributed by atoms with Crippen LogP contribution in [-0.2, 0) is 0 Å². The van der Waals surface area contributed by atoms with Gasteiger partial charge in [-0.15, -0.1) is 0 Å². The average Bonchev–Trinajstić information content (AvgIpc) is 2.36. The largest absolute Gasteiger partial charge is 0.384 e. The first kappa shape index (κ1) is 14.8. The number of aliphatic hydroxyl groups is 1. The normalized spacial score (nSPS) is 17.1. The Bertz CT molecular complexity index is 607. The molecular weight excluding hydrogens is 299 g/mol. The number of hydrogen-bond donors (Lipinski definition) is 1. The van der Waals surface area contributed by atoms with Crippen molar-refractivity contribution < 1.29 is 24.5 Å². The molecule has 1 atom stereocenters. The molecule has 0 bridgehead atoms. The molecule has 1 nitrogen and oxygen atoms in total. The van der Waals surface area contributed by atoms with Gasteiger partial charge in [-0.05, 0) is 23.3 Å². The molecule has 1 N–H and O–H groups in total. The van der Waals surface area contributed by atoms with Crippen LogP contribution in [0.5, 0.6) is 0 Å². The first-order valence-corrected chi connectivity index (χ1v) is 7.49. The van der Waals surface area contributed by atoms with Gasteiger partial charge in [0.2, 0.25) is 0 Å². The van der Waals surface area contributed by atoms with Crippen LogP contribution >= 0.6 is 10.2 Å². The van der Waals surface area contributed by atoms with Crippen molar-refractivity contribution in [2.75, 3.05) is 0 Å². The predicted molar refractivity (Wildman–Crippen MR) is 68.3 cm³/mol. The summed E-state index contributed by atoms with van der Waals surface area (Å²) in [4.78, 5) is -1.96. The SMILES string of the molecule is O[C@@H](c1ccccc1)c1ccc(S(F)(F)(F)(F)F)cc1. The number of halogens is 5. The van der Waals surface area contributed by atoms with Gasteiger partial charge in [-0.2, -0.15) is 0 Å². The van der Waals surface area contributed by atoms with Gasteiger partial charge in [0.05, 0.1) is 0 Å². The second-order valence-electron chi connectivity index (χ2n) is 4.35. The van der Waals surface area contributed by atoms with Gasteiger partial charge in [0, 0.05) is 0 Å². The molecule has 0 heterocycles. The summed E-state index contributed by atoms with van der Waals surface area (Å²) in [5.41, 5.74) is 0.578. The molecule has 7 heteroatoms. The van der Waals surface area contributed by atoms with E-state index in [0.29, 0.717) is 17.7 Å². The molecule has 0 aliphatic carbocycles. The Balaban J connectivity index is 2.35. The van der Waals surface area contributed by atoms with Gasteiger partial charge in [-0.3, -0.25) is 0 Å². The van der Waals surface area contributed by atoms with Crippen LogP contribution in [0.15, 0.2) is 59.5 Å². The highest BCUT2D eigenvalue weighted by molar-refractivity contribution is 8.45. The smallest absolute Gasteiger partial charge is 0.310 e. The maximum absolute atomic E-state index is 12.5. The fraction of sp³-hybridized carbons (Fsp3) is 0.0769. The van der Waals surface area contributed by atoms with Crippen LogP contribution in [0.25, 0.3) is 0 Å². The molecule has 0 fully saturated rings. The fourth-order valence-corrected chi connectivity index (χ4v) is 2.39.